The van der Waals surface area contributed by atoms with Crippen LogP contribution >= 0.6 is 0 Å². The van der Waals surface area contributed by atoms with Gasteiger partial charge in [-0.25, -0.2) is 0 Å². The average molecular weight is 495 g/mol. The number of furan rings is 1. The minimum absolute atomic E-state index is 0.0773. The predicted octanol–water partition coefficient (Wildman–Crippen LogP) is 4.58. The first-order chi connectivity index (χ1) is 17.4. The lowest BCUT2D eigenvalue weighted by molar-refractivity contribution is -0.161. The van der Waals surface area contributed by atoms with Crippen molar-refractivity contribution in [2.24, 2.45) is 34.5 Å². The third-order valence-corrected chi connectivity index (χ3v) is 9.72. The highest BCUT2D eigenvalue weighted by Gasteiger charge is 2.56. The van der Waals surface area contributed by atoms with Gasteiger partial charge < -0.3 is 19.4 Å². The first-order valence-electron chi connectivity index (χ1n) is 13.9. The Labute approximate surface area is 213 Å². The number of nitrogens with one attached hydrogen (secondary N) is 1. The van der Waals surface area contributed by atoms with Crippen LogP contribution in [0.2, 0.25) is 0 Å². The number of allylic oxidation sites excluding steroid dienone is 1. The smallest absolute Gasteiger partial charge is 0.318 e. The van der Waals surface area contributed by atoms with E-state index in [1.54, 1.807) is 24.2 Å². The number of amides is 2. The van der Waals surface area contributed by atoms with Gasteiger partial charge in [0.05, 0.1) is 19.4 Å². The average Bonchev–Trinajstić information content (AvgIpc) is 3.50. The highest BCUT2D eigenvalue weighted by molar-refractivity contribution is 5.92. The van der Waals surface area contributed by atoms with E-state index in [4.69, 9.17) is 9.15 Å². The number of hydrogen-bond donors (Lipinski definition) is 1. The van der Waals surface area contributed by atoms with Crippen molar-refractivity contribution in [3.05, 3.63) is 35.9 Å². The summed E-state index contributed by atoms with van der Waals surface area (Å²) in [5.74, 6) is 2.12. The minimum Gasteiger partial charge on any atom is -0.467 e. The molecular weight excluding hydrogens is 456 g/mol. The maximum atomic E-state index is 13.7. The zero-order chi connectivity index (χ0) is 24.9. The van der Waals surface area contributed by atoms with Crippen molar-refractivity contribution in [3.63, 3.8) is 0 Å². The number of fused-ring (bicyclic) bond motifs is 1. The molecule has 194 valence electrons. The highest BCUT2D eigenvalue weighted by atomic mass is 16.5. The number of ether oxygens (including phenoxy) is 1. The van der Waals surface area contributed by atoms with Crippen molar-refractivity contribution in [1.82, 2.24) is 10.2 Å². The molecule has 4 saturated carbocycles. The Bertz CT molecular complexity index is 1020. The van der Waals surface area contributed by atoms with E-state index in [0.29, 0.717) is 30.7 Å². The zero-order valence-corrected chi connectivity index (χ0v) is 21.3. The molecule has 1 N–H and O–H groups in total. The first-order valence-corrected chi connectivity index (χ1v) is 13.9. The predicted molar refractivity (Wildman–Crippen MR) is 132 cm³/mol. The Morgan fingerprint density at radius 2 is 1.86 bits per heavy atom. The Morgan fingerprint density at radius 1 is 1.14 bits per heavy atom. The van der Waals surface area contributed by atoms with E-state index in [-0.39, 0.29) is 42.8 Å². The molecule has 2 atom stereocenters. The number of piperidine rings is 1. The number of carbonyl (C=O) groups is 3. The quantitative estimate of drug-likeness (QED) is 0.535. The molecule has 4 bridgehead atoms. The van der Waals surface area contributed by atoms with Gasteiger partial charge in [-0.2, -0.15) is 0 Å². The van der Waals surface area contributed by atoms with Gasteiger partial charge >= 0.3 is 5.97 Å². The van der Waals surface area contributed by atoms with Crippen molar-refractivity contribution in [2.75, 3.05) is 13.2 Å². The molecule has 0 unspecified atom stereocenters. The van der Waals surface area contributed by atoms with Crippen LogP contribution in [0.4, 0.5) is 0 Å². The number of carbonyl (C=O) groups excluding carboxylic acids is 3. The second-order valence-electron chi connectivity index (χ2n) is 12.2. The molecule has 0 radical (unpaired) electrons. The third kappa shape index (κ3) is 4.08. The molecule has 0 aromatic carbocycles. The molecule has 36 heavy (non-hydrogen) atoms. The van der Waals surface area contributed by atoms with E-state index in [1.165, 1.54) is 38.5 Å². The summed E-state index contributed by atoms with van der Waals surface area (Å²) in [5, 5.41) is 3.24. The zero-order valence-electron chi connectivity index (χ0n) is 21.3. The molecule has 1 aromatic rings. The van der Waals surface area contributed by atoms with E-state index in [9.17, 15) is 14.4 Å². The number of esters is 1. The van der Waals surface area contributed by atoms with E-state index in [1.807, 2.05) is 12.1 Å². The van der Waals surface area contributed by atoms with E-state index in [2.05, 4.69) is 5.32 Å². The summed E-state index contributed by atoms with van der Waals surface area (Å²) in [5.41, 5.74) is 0.0915. The monoisotopic (exact) mass is 494 g/mol. The maximum absolute atomic E-state index is 13.7. The lowest BCUT2D eigenvalue weighted by atomic mass is 9.49. The van der Waals surface area contributed by atoms with Crippen molar-refractivity contribution in [3.8, 4) is 0 Å². The molecule has 2 amide bonds. The lowest BCUT2D eigenvalue weighted by Crippen LogP contribution is -2.53. The summed E-state index contributed by atoms with van der Waals surface area (Å²) in [6.45, 7) is 3.07. The van der Waals surface area contributed by atoms with Crippen LogP contribution in [0, 0.1) is 34.5 Å². The van der Waals surface area contributed by atoms with E-state index < -0.39 is 11.3 Å². The van der Waals surface area contributed by atoms with Gasteiger partial charge in [-0.1, -0.05) is 6.08 Å². The molecule has 0 spiro atoms. The highest BCUT2D eigenvalue weighted by Crippen LogP contribution is 2.59. The van der Waals surface area contributed by atoms with Crippen LogP contribution in [0.1, 0.15) is 76.9 Å². The topological polar surface area (TPSA) is 88.8 Å². The van der Waals surface area contributed by atoms with Gasteiger partial charge in [-0.3, -0.25) is 14.4 Å². The Kier molecular flexibility index (Phi) is 6.00. The fourth-order valence-electron chi connectivity index (χ4n) is 8.73. The van der Waals surface area contributed by atoms with Crippen LogP contribution in [0.15, 0.2) is 34.6 Å². The molecule has 7 nitrogen and oxygen atoms in total. The number of rotatable bonds is 8. The summed E-state index contributed by atoms with van der Waals surface area (Å²) in [7, 11) is 0. The van der Waals surface area contributed by atoms with Crippen molar-refractivity contribution >= 4 is 17.8 Å². The second-order valence-corrected chi connectivity index (χ2v) is 12.2. The fraction of sp³-hybridized carbons (Fsp3) is 0.690. The van der Waals surface area contributed by atoms with Crippen LogP contribution in [-0.2, 0) is 25.7 Å². The van der Waals surface area contributed by atoms with Gasteiger partial charge in [0.1, 0.15) is 11.2 Å². The van der Waals surface area contributed by atoms with E-state index >= 15 is 0 Å². The molecule has 1 saturated heterocycles. The van der Waals surface area contributed by atoms with Crippen LogP contribution in [-0.4, -0.2) is 35.8 Å². The molecule has 2 heterocycles. The largest absolute Gasteiger partial charge is 0.467 e. The fourth-order valence-corrected chi connectivity index (χ4v) is 8.73. The summed E-state index contributed by atoms with van der Waals surface area (Å²) >= 11 is 0. The Balaban J connectivity index is 1.18. The van der Waals surface area contributed by atoms with Gasteiger partial charge in [0, 0.05) is 24.6 Å². The number of nitrogens with zero attached hydrogens (tertiary/aromatic N) is 1. The molecule has 7 heteroatoms. The van der Waals surface area contributed by atoms with Gasteiger partial charge in [0.2, 0.25) is 11.8 Å². The summed E-state index contributed by atoms with van der Waals surface area (Å²) in [6, 6.07) is 3.62. The van der Waals surface area contributed by atoms with Gasteiger partial charge in [-0.05, 0) is 100 Å². The molecule has 1 aliphatic heterocycles. The lowest BCUT2D eigenvalue weighted by Gasteiger charge is -2.57. The van der Waals surface area contributed by atoms with Crippen LogP contribution < -0.4 is 5.32 Å². The van der Waals surface area contributed by atoms with Crippen LogP contribution in [0.3, 0.4) is 0 Å². The Hall–Kier alpha value is -2.57. The minimum atomic E-state index is -0.874. The van der Waals surface area contributed by atoms with Crippen molar-refractivity contribution in [2.45, 2.75) is 77.7 Å². The normalized spacial score (nSPS) is 36.5. The molecule has 5 aliphatic carbocycles. The number of likely N-dealkylation sites (tertiary alicyclic amines) is 1. The molecule has 6 aliphatic rings. The second kappa shape index (κ2) is 9.07. The third-order valence-electron chi connectivity index (χ3n) is 9.72. The SMILES string of the molecule is CCOC(=O)[C@]12CCC=C1N(Cc1ccco1)C(=O)[C@H](CC(=O)NCC13CC4CC(CC(C4)C1)C3)C2. The van der Waals surface area contributed by atoms with Crippen LogP contribution in [0.25, 0.3) is 0 Å². The summed E-state index contributed by atoms with van der Waals surface area (Å²) < 4.78 is 11.0. The summed E-state index contributed by atoms with van der Waals surface area (Å²) in [6.07, 6.45) is 13.2. The number of hydrogen-bond acceptors (Lipinski definition) is 5. The van der Waals surface area contributed by atoms with Gasteiger partial charge in [-0.15, -0.1) is 0 Å². The Morgan fingerprint density at radius 3 is 2.50 bits per heavy atom. The van der Waals surface area contributed by atoms with Crippen molar-refractivity contribution in [1.29, 1.82) is 0 Å². The summed E-state index contributed by atoms with van der Waals surface area (Å²) in [4.78, 5) is 41.8. The molecular formula is C29H38N2O5. The van der Waals surface area contributed by atoms with E-state index in [0.717, 1.165) is 24.3 Å². The molecule has 1 aromatic heterocycles. The van der Waals surface area contributed by atoms with Crippen LogP contribution in [0.5, 0.6) is 0 Å². The first kappa shape index (κ1) is 23.8. The molecule has 5 fully saturated rings. The maximum Gasteiger partial charge on any atom is 0.318 e. The molecule has 7 rings (SSSR count). The van der Waals surface area contributed by atoms with Crippen molar-refractivity contribution < 1.29 is 23.5 Å². The standard InChI is InChI=1S/C29H38N2O5/c1-2-35-27(34)29-7-3-6-24(29)31(17-23-5-4-8-36-23)26(33)22(16-29)12-25(32)30-18-28-13-19-9-20(14-28)11-21(10-19)15-28/h4-6,8,19-22H,2-3,7,9-18H2,1H3,(H,30,32)/t19?,20?,21?,22-,28?,29+/m1/s1. The van der Waals surface area contributed by atoms with Gasteiger partial charge in [0.25, 0.3) is 0 Å². The van der Waals surface area contributed by atoms with Gasteiger partial charge in [0.15, 0.2) is 0 Å².